The molecule has 1 aliphatic rings. The fourth-order valence-electron chi connectivity index (χ4n) is 2.21. The van der Waals surface area contributed by atoms with E-state index in [1.165, 1.54) is 30.5 Å². The largest absolute Gasteiger partial charge is 0.295 e. The van der Waals surface area contributed by atoms with Gasteiger partial charge in [-0.1, -0.05) is 36.4 Å². The van der Waals surface area contributed by atoms with Crippen LogP contribution in [0.15, 0.2) is 36.4 Å². The van der Waals surface area contributed by atoms with Crippen molar-refractivity contribution in [2.45, 2.75) is 19.4 Å². The highest BCUT2D eigenvalue weighted by Gasteiger charge is 2.12. The molecular weight excluding hydrogens is 218 g/mol. The van der Waals surface area contributed by atoms with Gasteiger partial charge in [0.2, 0.25) is 0 Å². The van der Waals surface area contributed by atoms with Crippen LogP contribution in [0.25, 0.3) is 0 Å². The maximum absolute atomic E-state index is 5.63. The first-order valence-electron chi connectivity index (χ1n) is 5.90. The maximum atomic E-state index is 5.63. The van der Waals surface area contributed by atoms with Crippen LogP contribution in [0, 0.1) is 0 Å². The van der Waals surface area contributed by atoms with Crippen molar-refractivity contribution in [3.63, 3.8) is 0 Å². The summed E-state index contributed by atoms with van der Waals surface area (Å²) in [5.74, 6) is 0.616. The summed E-state index contributed by atoms with van der Waals surface area (Å²) in [6, 6.07) is 8.78. The molecule has 0 radical (unpaired) electrons. The molecule has 0 amide bonds. The van der Waals surface area contributed by atoms with Gasteiger partial charge in [-0.3, -0.25) is 4.90 Å². The molecule has 1 aromatic rings. The molecule has 0 aliphatic carbocycles. The van der Waals surface area contributed by atoms with Gasteiger partial charge in [-0.25, -0.2) is 0 Å². The topological polar surface area (TPSA) is 3.24 Å². The predicted octanol–water partition coefficient (Wildman–Crippen LogP) is 3.23. The summed E-state index contributed by atoms with van der Waals surface area (Å²) in [6.45, 7) is 3.27. The van der Waals surface area contributed by atoms with Crippen LogP contribution in [0.5, 0.6) is 0 Å². The maximum Gasteiger partial charge on any atom is 0.0404 e. The van der Waals surface area contributed by atoms with E-state index in [0.29, 0.717) is 5.88 Å². The van der Waals surface area contributed by atoms with Gasteiger partial charge in [0.25, 0.3) is 0 Å². The van der Waals surface area contributed by atoms with Gasteiger partial charge in [0, 0.05) is 19.0 Å². The van der Waals surface area contributed by atoms with Gasteiger partial charge in [0.1, 0.15) is 0 Å². The highest BCUT2D eigenvalue weighted by atomic mass is 35.5. The second-order valence-corrected chi connectivity index (χ2v) is 4.54. The van der Waals surface area contributed by atoms with Crippen LogP contribution in [0.1, 0.15) is 17.5 Å². The fraction of sp³-hybridized carbons (Fsp3) is 0.429. The molecular formula is C14H18ClN. The van der Waals surface area contributed by atoms with Gasteiger partial charge < -0.3 is 0 Å². The van der Waals surface area contributed by atoms with Gasteiger partial charge in [-0.2, -0.15) is 0 Å². The lowest BCUT2D eigenvalue weighted by molar-refractivity contribution is 0.299. The van der Waals surface area contributed by atoms with Crippen LogP contribution in [0.2, 0.25) is 0 Å². The summed E-state index contributed by atoms with van der Waals surface area (Å²) in [6.07, 6.45) is 6.66. The van der Waals surface area contributed by atoms with Crippen LogP contribution in [-0.2, 0) is 13.0 Å². The van der Waals surface area contributed by atoms with E-state index < -0.39 is 0 Å². The quantitative estimate of drug-likeness (QED) is 0.575. The van der Waals surface area contributed by atoms with Crippen molar-refractivity contribution < 1.29 is 0 Å². The average Bonchev–Trinajstić information content (AvgIpc) is 2.51. The minimum absolute atomic E-state index is 0.616. The van der Waals surface area contributed by atoms with E-state index in [9.17, 15) is 0 Å². The Hall–Kier alpha value is -0.790. The first kappa shape index (κ1) is 11.7. The Bertz CT molecular complexity index is 360. The van der Waals surface area contributed by atoms with Gasteiger partial charge in [0.15, 0.2) is 0 Å². The lowest BCUT2D eigenvalue weighted by Gasteiger charge is -2.18. The Morgan fingerprint density at radius 1 is 1.19 bits per heavy atom. The van der Waals surface area contributed by atoms with Crippen molar-refractivity contribution >= 4 is 11.6 Å². The number of aryl methyl sites for hydroxylation is 1. The van der Waals surface area contributed by atoms with E-state index in [2.05, 4.69) is 35.2 Å². The number of hydrogen-bond acceptors (Lipinski definition) is 1. The van der Waals surface area contributed by atoms with Crippen LogP contribution in [0.3, 0.4) is 0 Å². The third-order valence-corrected chi connectivity index (χ3v) is 3.23. The zero-order valence-electron chi connectivity index (χ0n) is 9.53. The molecule has 1 heterocycles. The number of rotatable bonds is 3. The third kappa shape index (κ3) is 3.10. The highest BCUT2D eigenvalue weighted by molar-refractivity contribution is 6.18. The lowest BCUT2D eigenvalue weighted by atomic mass is 10.0. The summed E-state index contributed by atoms with van der Waals surface area (Å²) in [7, 11) is 0. The highest BCUT2D eigenvalue weighted by Crippen LogP contribution is 2.17. The minimum Gasteiger partial charge on any atom is -0.295 e. The molecule has 0 atom stereocenters. The Kier molecular flexibility index (Phi) is 4.44. The molecule has 1 aromatic carbocycles. The molecule has 0 bridgehead atoms. The molecule has 1 nitrogen and oxygen atoms in total. The first-order chi connectivity index (χ1) is 7.90. The SMILES string of the molecule is ClCC=CCN1CCCc2ccccc2C1. The van der Waals surface area contributed by atoms with E-state index in [-0.39, 0.29) is 0 Å². The van der Waals surface area contributed by atoms with Crippen molar-refractivity contribution in [1.29, 1.82) is 0 Å². The van der Waals surface area contributed by atoms with Gasteiger partial charge in [-0.05, 0) is 30.5 Å². The number of nitrogens with zero attached hydrogens (tertiary/aromatic N) is 1. The average molecular weight is 236 g/mol. The normalized spacial score (nSPS) is 17.3. The van der Waals surface area contributed by atoms with Crippen molar-refractivity contribution in [3.05, 3.63) is 47.5 Å². The van der Waals surface area contributed by atoms with Crippen molar-refractivity contribution in [2.24, 2.45) is 0 Å². The van der Waals surface area contributed by atoms with Gasteiger partial charge >= 0.3 is 0 Å². The lowest BCUT2D eigenvalue weighted by Crippen LogP contribution is -2.23. The molecule has 86 valence electrons. The summed E-state index contributed by atoms with van der Waals surface area (Å²) < 4.78 is 0. The van der Waals surface area contributed by atoms with Crippen molar-refractivity contribution in [2.75, 3.05) is 19.0 Å². The predicted molar refractivity (Wildman–Crippen MR) is 69.9 cm³/mol. The minimum atomic E-state index is 0.616. The van der Waals surface area contributed by atoms with E-state index in [1.807, 2.05) is 6.08 Å². The third-order valence-electron chi connectivity index (χ3n) is 3.05. The monoisotopic (exact) mass is 235 g/mol. The number of fused-ring (bicyclic) bond motifs is 1. The molecule has 0 N–H and O–H groups in total. The van der Waals surface area contributed by atoms with E-state index in [0.717, 1.165) is 13.1 Å². The Balaban J connectivity index is 2.02. The molecule has 0 spiro atoms. The van der Waals surface area contributed by atoms with Crippen molar-refractivity contribution in [3.8, 4) is 0 Å². The Morgan fingerprint density at radius 2 is 2.00 bits per heavy atom. The number of alkyl halides is 1. The fourth-order valence-corrected chi connectivity index (χ4v) is 2.34. The molecule has 0 saturated carbocycles. The van der Waals surface area contributed by atoms with Crippen LogP contribution in [0.4, 0.5) is 0 Å². The summed E-state index contributed by atoms with van der Waals surface area (Å²) in [5.41, 5.74) is 3.01. The molecule has 0 saturated heterocycles. The molecule has 1 aliphatic heterocycles. The molecule has 16 heavy (non-hydrogen) atoms. The number of halogens is 1. The molecule has 0 aromatic heterocycles. The van der Waals surface area contributed by atoms with Crippen molar-refractivity contribution in [1.82, 2.24) is 4.90 Å². The molecule has 0 unspecified atom stereocenters. The standard InChI is InChI=1S/C14H18ClN/c15-9-3-4-10-16-11-5-8-13-6-1-2-7-14(13)12-16/h1-4,6-7H,5,8-12H2. The second-order valence-electron chi connectivity index (χ2n) is 4.23. The van der Waals surface area contributed by atoms with E-state index in [4.69, 9.17) is 11.6 Å². The first-order valence-corrected chi connectivity index (χ1v) is 6.43. The number of benzene rings is 1. The van der Waals surface area contributed by atoms with Gasteiger partial charge in [0.05, 0.1) is 0 Å². The van der Waals surface area contributed by atoms with E-state index in [1.54, 1.807) is 0 Å². The van der Waals surface area contributed by atoms with Gasteiger partial charge in [-0.15, -0.1) is 11.6 Å². The zero-order valence-corrected chi connectivity index (χ0v) is 10.3. The Morgan fingerprint density at radius 3 is 2.81 bits per heavy atom. The van der Waals surface area contributed by atoms with Crippen LogP contribution >= 0.6 is 11.6 Å². The zero-order chi connectivity index (χ0) is 11.2. The van der Waals surface area contributed by atoms with Crippen LogP contribution in [-0.4, -0.2) is 23.9 Å². The molecule has 2 heteroatoms. The molecule has 2 rings (SSSR count). The number of hydrogen-bond donors (Lipinski definition) is 0. The number of allylic oxidation sites excluding steroid dienone is 1. The summed E-state index contributed by atoms with van der Waals surface area (Å²) in [5, 5.41) is 0. The Labute approximate surface area is 103 Å². The van der Waals surface area contributed by atoms with E-state index >= 15 is 0 Å². The smallest absolute Gasteiger partial charge is 0.0404 e. The molecule has 0 fully saturated rings. The summed E-state index contributed by atoms with van der Waals surface area (Å²) >= 11 is 5.63. The second kappa shape index (κ2) is 6.07. The van der Waals surface area contributed by atoms with Crippen LogP contribution < -0.4 is 0 Å². The summed E-state index contributed by atoms with van der Waals surface area (Å²) in [4.78, 5) is 2.48.